The molecule has 0 saturated heterocycles. The number of pyridine rings is 1. The van der Waals surface area contributed by atoms with Crippen molar-refractivity contribution in [2.24, 2.45) is 0 Å². The lowest BCUT2D eigenvalue weighted by Crippen LogP contribution is -2.47. The van der Waals surface area contributed by atoms with E-state index in [-0.39, 0.29) is 28.1 Å². The Labute approximate surface area is 203 Å². The van der Waals surface area contributed by atoms with Crippen LogP contribution in [-0.2, 0) is 16.8 Å². The molecule has 0 aliphatic rings. The van der Waals surface area contributed by atoms with E-state index in [0.717, 1.165) is 25.4 Å². The lowest BCUT2D eigenvalue weighted by atomic mass is 9.77. The maximum Gasteiger partial charge on any atom is 0.422 e. The van der Waals surface area contributed by atoms with Crippen LogP contribution in [0.15, 0.2) is 53.5 Å². The third kappa shape index (κ3) is 4.83. The molecule has 2 aromatic carbocycles. The summed E-state index contributed by atoms with van der Waals surface area (Å²) in [6.45, 7) is 2.79. The Bertz CT molecular complexity index is 1320. The van der Waals surface area contributed by atoms with E-state index >= 15 is 0 Å². The first-order valence-corrected chi connectivity index (χ1v) is 10.9. The van der Waals surface area contributed by atoms with Gasteiger partial charge in [0.2, 0.25) is 0 Å². The van der Waals surface area contributed by atoms with Crippen molar-refractivity contribution in [3.63, 3.8) is 0 Å². The molecule has 0 aliphatic carbocycles. The largest absolute Gasteiger partial charge is 0.465 e. The van der Waals surface area contributed by atoms with Crippen molar-refractivity contribution in [1.29, 1.82) is 0 Å². The van der Waals surface area contributed by atoms with Gasteiger partial charge >= 0.3 is 12.1 Å². The second kappa shape index (κ2) is 9.83. The minimum atomic E-state index is -5.11. The number of carbonyl (C=O) groups is 1. The maximum absolute atomic E-state index is 14.3. The Morgan fingerprint density at radius 3 is 2.31 bits per heavy atom. The molecule has 3 aromatic rings. The number of alkyl halides is 3. The second-order valence-electron chi connectivity index (χ2n) is 8.00. The standard InChI is InChI=1S/C25H22ClF4NO4/c1-4-14-9-17(12-31-22(14)32)24(34,25(28,29)30)13(2)18-7-5-15(10-20(18)26)16-6-8-19(21(27)11-16)23(33)35-3/h5-13,34H,4H2,1-3H3,(H,31,32). The number of ether oxygens (including phenoxy) is 1. The van der Waals surface area contributed by atoms with Crippen molar-refractivity contribution in [3.05, 3.63) is 92.1 Å². The highest BCUT2D eigenvalue weighted by molar-refractivity contribution is 6.31. The monoisotopic (exact) mass is 511 g/mol. The minimum absolute atomic E-state index is 0.00820. The van der Waals surface area contributed by atoms with Crippen molar-refractivity contribution < 1.29 is 32.2 Å². The SMILES string of the molecule is CCc1cc(C(O)(C(C)c2ccc(-c3ccc(C(=O)OC)c(F)c3)cc2Cl)C(F)(F)F)c[nH]c1=O. The predicted molar refractivity (Wildman–Crippen MR) is 123 cm³/mol. The average molecular weight is 512 g/mol. The topological polar surface area (TPSA) is 79.4 Å². The number of aromatic amines is 1. The number of aromatic nitrogens is 1. The van der Waals surface area contributed by atoms with Crippen LogP contribution in [0.4, 0.5) is 17.6 Å². The summed E-state index contributed by atoms with van der Waals surface area (Å²) in [6, 6.07) is 8.90. The van der Waals surface area contributed by atoms with Crippen molar-refractivity contribution in [3.8, 4) is 11.1 Å². The molecular weight excluding hydrogens is 490 g/mol. The highest BCUT2D eigenvalue weighted by Crippen LogP contribution is 2.50. The number of aliphatic hydroxyl groups is 1. The van der Waals surface area contributed by atoms with E-state index in [0.29, 0.717) is 11.1 Å². The second-order valence-corrected chi connectivity index (χ2v) is 8.41. The molecule has 186 valence electrons. The zero-order chi connectivity index (χ0) is 26.1. The fourth-order valence-corrected chi connectivity index (χ4v) is 4.27. The van der Waals surface area contributed by atoms with Crippen LogP contribution in [0.5, 0.6) is 0 Å². The molecule has 1 heterocycles. The van der Waals surface area contributed by atoms with Crippen LogP contribution in [0.25, 0.3) is 11.1 Å². The molecule has 0 amide bonds. The minimum Gasteiger partial charge on any atom is -0.465 e. The molecule has 2 atom stereocenters. The van der Waals surface area contributed by atoms with Gasteiger partial charge in [0, 0.05) is 28.3 Å². The van der Waals surface area contributed by atoms with E-state index in [1.807, 2.05) is 0 Å². The highest BCUT2D eigenvalue weighted by atomic mass is 35.5. The normalized spacial score (nSPS) is 14.3. The van der Waals surface area contributed by atoms with Gasteiger partial charge in [0.15, 0.2) is 5.60 Å². The van der Waals surface area contributed by atoms with Crippen LogP contribution in [0.2, 0.25) is 5.02 Å². The van der Waals surface area contributed by atoms with Crippen molar-refractivity contribution in [1.82, 2.24) is 4.98 Å². The molecule has 2 unspecified atom stereocenters. The molecule has 0 saturated carbocycles. The number of methoxy groups -OCH3 is 1. The number of halogens is 5. The molecule has 1 aromatic heterocycles. The molecule has 0 aliphatic heterocycles. The first-order valence-electron chi connectivity index (χ1n) is 10.5. The first-order chi connectivity index (χ1) is 16.3. The summed E-state index contributed by atoms with van der Waals surface area (Å²) < 4.78 is 61.6. The van der Waals surface area contributed by atoms with Crippen LogP contribution in [0.1, 0.15) is 46.8 Å². The third-order valence-electron chi connectivity index (χ3n) is 6.03. The summed E-state index contributed by atoms with van der Waals surface area (Å²) in [7, 11) is 1.12. The number of nitrogens with one attached hydrogen (secondary N) is 1. The summed E-state index contributed by atoms with van der Waals surface area (Å²) in [5.41, 5.74) is -3.89. The summed E-state index contributed by atoms with van der Waals surface area (Å²) in [5.74, 6) is -3.26. The third-order valence-corrected chi connectivity index (χ3v) is 6.36. The number of rotatable bonds is 6. The van der Waals surface area contributed by atoms with Gasteiger partial charge in [0.25, 0.3) is 5.56 Å². The van der Waals surface area contributed by atoms with Gasteiger partial charge in [-0.25, -0.2) is 9.18 Å². The van der Waals surface area contributed by atoms with Crippen LogP contribution < -0.4 is 5.56 Å². The number of H-pyrrole nitrogens is 1. The molecule has 35 heavy (non-hydrogen) atoms. The van der Waals surface area contributed by atoms with E-state index < -0.39 is 40.6 Å². The predicted octanol–water partition coefficient (Wildman–Crippen LogP) is 5.74. The summed E-state index contributed by atoms with van der Waals surface area (Å²) in [5, 5.41) is 10.9. The zero-order valence-electron chi connectivity index (χ0n) is 19.0. The van der Waals surface area contributed by atoms with E-state index in [1.54, 1.807) is 6.92 Å². The molecule has 0 radical (unpaired) electrons. The van der Waals surface area contributed by atoms with Gasteiger partial charge in [-0.1, -0.05) is 43.6 Å². The Morgan fingerprint density at radius 1 is 1.14 bits per heavy atom. The quantitative estimate of drug-likeness (QED) is 0.327. The molecule has 0 fully saturated rings. The number of hydrogen-bond acceptors (Lipinski definition) is 4. The lowest BCUT2D eigenvalue weighted by Gasteiger charge is -2.37. The van der Waals surface area contributed by atoms with Gasteiger partial charge in [-0.2, -0.15) is 13.2 Å². The Morgan fingerprint density at radius 2 is 1.77 bits per heavy atom. The van der Waals surface area contributed by atoms with Gasteiger partial charge in [-0.05, 0) is 47.4 Å². The molecule has 0 bridgehead atoms. The maximum atomic E-state index is 14.3. The van der Waals surface area contributed by atoms with Crippen molar-refractivity contribution in [2.45, 2.75) is 38.0 Å². The summed E-state index contributed by atoms with van der Waals surface area (Å²) in [4.78, 5) is 25.7. The summed E-state index contributed by atoms with van der Waals surface area (Å²) >= 11 is 6.34. The van der Waals surface area contributed by atoms with E-state index in [2.05, 4.69) is 9.72 Å². The average Bonchev–Trinajstić information content (AvgIpc) is 2.82. The number of aryl methyl sites for hydroxylation is 1. The fourth-order valence-electron chi connectivity index (χ4n) is 3.93. The van der Waals surface area contributed by atoms with Crippen LogP contribution in [0.3, 0.4) is 0 Å². The Balaban J connectivity index is 2.06. The van der Waals surface area contributed by atoms with E-state index in [9.17, 15) is 32.3 Å². The van der Waals surface area contributed by atoms with Crippen molar-refractivity contribution >= 4 is 17.6 Å². The number of carbonyl (C=O) groups excluding carboxylic acids is 1. The molecular formula is C25H22ClF4NO4. The van der Waals surface area contributed by atoms with Crippen LogP contribution >= 0.6 is 11.6 Å². The molecule has 5 nitrogen and oxygen atoms in total. The van der Waals surface area contributed by atoms with Gasteiger partial charge in [0.05, 0.1) is 12.7 Å². The fraction of sp³-hybridized carbons (Fsp3) is 0.280. The van der Waals surface area contributed by atoms with Crippen LogP contribution in [0, 0.1) is 5.82 Å². The summed E-state index contributed by atoms with van der Waals surface area (Å²) in [6.07, 6.45) is -4.09. The van der Waals surface area contributed by atoms with Gasteiger partial charge in [-0.3, -0.25) is 4.79 Å². The van der Waals surface area contributed by atoms with Gasteiger partial charge < -0.3 is 14.8 Å². The molecule has 10 heteroatoms. The number of benzene rings is 2. The van der Waals surface area contributed by atoms with E-state index in [1.165, 1.54) is 37.3 Å². The number of esters is 1. The highest BCUT2D eigenvalue weighted by Gasteiger charge is 2.59. The Kier molecular flexibility index (Phi) is 7.42. The van der Waals surface area contributed by atoms with Crippen LogP contribution in [-0.4, -0.2) is 29.3 Å². The first kappa shape index (κ1) is 26.4. The van der Waals surface area contributed by atoms with E-state index in [4.69, 9.17) is 11.6 Å². The van der Waals surface area contributed by atoms with Gasteiger partial charge in [-0.15, -0.1) is 0 Å². The lowest BCUT2D eigenvalue weighted by molar-refractivity contribution is -0.274. The smallest absolute Gasteiger partial charge is 0.422 e. The zero-order valence-corrected chi connectivity index (χ0v) is 19.7. The Hall–Kier alpha value is -3.17. The molecule has 0 spiro atoms. The van der Waals surface area contributed by atoms with Gasteiger partial charge in [0.1, 0.15) is 5.82 Å². The van der Waals surface area contributed by atoms with Crippen molar-refractivity contribution in [2.75, 3.05) is 7.11 Å². The number of hydrogen-bond donors (Lipinski definition) is 2. The molecule has 3 rings (SSSR count). The molecule has 2 N–H and O–H groups in total.